The SMILES string of the molecule is COC[C@H]1CN[C@H](C)CN1CC(=O)N1CC(C)(C)c2ncc(Cc3cccc(OCCOCCOCCOCCOCCOCCOCCOCCN[C@H](Cc4cccc(F)c4)C(=O)Nc4ccc(-c5ccncc5)cc4)c3)cc21. The van der Waals surface area contributed by atoms with Crippen molar-refractivity contribution in [3.05, 3.63) is 138 Å². The predicted molar refractivity (Wildman–Crippen MR) is 305 cm³/mol. The lowest BCUT2D eigenvalue weighted by Crippen LogP contribution is -2.59. The largest absolute Gasteiger partial charge is 0.491 e. The molecular weight excluding hydrogens is 1030 g/mol. The molecule has 5 aromatic rings. The molecule has 2 aliphatic heterocycles. The quantitative estimate of drug-likeness (QED) is 0.0385. The Hall–Kier alpha value is -5.81. The van der Waals surface area contributed by atoms with Gasteiger partial charge in [-0.3, -0.25) is 24.5 Å². The van der Waals surface area contributed by atoms with Crippen LogP contribution in [0.3, 0.4) is 0 Å². The van der Waals surface area contributed by atoms with Crippen molar-refractivity contribution in [2.24, 2.45) is 0 Å². The summed E-state index contributed by atoms with van der Waals surface area (Å²) in [5.74, 6) is 0.280. The molecule has 0 bridgehead atoms. The third kappa shape index (κ3) is 20.9. The highest BCUT2D eigenvalue weighted by atomic mass is 19.1. The Kier molecular flexibility index (Phi) is 26.1. The lowest BCUT2D eigenvalue weighted by atomic mass is 9.91. The molecule has 1 saturated heterocycles. The van der Waals surface area contributed by atoms with Gasteiger partial charge in [-0.25, -0.2) is 4.39 Å². The number of carbonyl (C=O) groups excluding carboxylic acids is 2. The molecule has 0 spiro atoms. The summed E-state index contributed by atoms with van der Waals surface area (Å²) in [6, 6.07) is 27.8. The van der Waals surface area contributed by atoms with Gasteiger partial charge in [-0.15, -0.1) is 0 Å². The second-order valence-corrected chi connectivity index (χ2v) is 20.5. The van der Waals surface area contributed by atoms with E-state index in [1.807, 2.05) is 65.7 Å². The molecule has 1 fully saturated rings. The number of hydrogen-bond donors (Lipinski definition) is 3. The van der Waals surface area contributed by atoms with E-state index in [1.54, 1.807) is 31.6 Å². The molecule has 3 aromatic carbocycles. The molecule has 19 heteroatoms. The number of rotatable bonds is 37. The average molecular weight is 1110 g/mol. The van der Waals surface area contributed by atoms with Crippen LogP contribution in [0.5, 0.6) is 5.75 Å². The third-order valence-corrected chi connectivity index (χ3v) is 13.6. The zero-order valence-electron chi connectivity index (χ0n) is 47.0. The van der Waals surface area contributed by atoms with E-state index < -0.39 is 6.04 Å². The first kappa shape index (κ1) is 61.8. The number of amides is 2. The molecule has 0 radical (unpaired) electrons. The van der Waals surface area contributed by atoms with E-state index in [0.29, 0.717) is 155 Å². The van der Waals surface area contributed by atoms with Gasteiger partial charge < -0.3 is 63.5 Å². The lowest BCUT2D eigenvalue weighted by Gasteiger charge is -2.39. The number of pyridine rings is 2. The van der Waals surface area contributed by atoms with E-state index in [-0.39, 0.29) is 29.1 Å². The number of methoxy groups -OCH3 is 1. The molecule has 0 unspecified atom stereocenters. The molecule has 4 heterocycles. The first-order valence-electron chi connectivity index (χ1n) is 27.9. The van der Waals surface area contributed by atoms with Crippen LogP contribution < -0.4 is 25.6 Å². The van der Waals surface area contributed by atoms with Crippen LogP contribution in [0, 0.1) is 5.82 Å². The van der Waals surface area contributed by atoms with Gasteiger partial charge in [-0.2, -0.15) is 0 Å². The molecular formula is C61H82FN7O11. The highest BCUT2D eigenvalue weighted by Crippen LogP contribution is 2.40. The molecule has 3 N–H and O–H groups in total. The number of piperazine rings is 1. The number of ether oxygens (including phenoxy) is 9. The van der Waals surface area contributed by atoms with Crippen molar-refractivity contribution in [3.8, 4) is 16.9 Å². The minimum atomic E-state index is -0.608. The second-order valence-electron chi connectivity index (χ2n) is 20.5. The van der Waals surface area contributed by atoms with Crippen molar-refractivity contribution in [2.45, 2.75) is 57.2 Å². The number of nitrogens with zero attached hydrogens (tertiary/aromatic N) is 4. The minimum Gasteiger partial charge on any atom is -0.491 e. The second kappa shape index (κ2) is 33.8. The molecule has 18 nitrogen and oxygen atoms in total. The fourth-order valence-corrected chi connectivity index (χ4v) is 9.54. The molecule has 2 aliphatic rings. The number of halogens is 1. The normalized spacial score (nSPS) is 16.4. The Morgan fingerprint density at radius 1 is 0.725 bits per heavy atom. The van der Waals surface area contributed by atoms with Crippen molar-refractivity contribution in [1.29, 1.82) is 0 Å². The molecule has 0 aliphatic carbocycles. The van der Waals surface area contributed by atoms with Crippen LogP contribution in [0.1, 0.15) is 43.2 Å². The number of fused-ring (bicyclic) bond motifs is 1. The molecule has 3 atom stereocenters. The minimum absolute atomic E-state index is 0.0872. The zero-order valence-corrected chi connectivity index (χ0v) is 47.0. The fraction of sp³-hybridized carbons (Fsp3) is 0.508. The standard InChI is InChI=1S/C61H82FN7O11/c1-46-42-68(54(41-65-46)44-72-4)43-58(70)69-45-61(2,3)59-57(69)39-49(40-66-59)35-47-8-6-10-55(37-47)80-34-33-79-32-31-78-30-29-77-28-27-76-26-25-75-24-23-74-22-21-73-20-19-64-56(38-48-7-5-9-52(62)36-48)60(71)67-53-13-11-50(12-14-53)51-15-17-63-18-16-51/h5-18,36-37,39-40,46,54,56,64-65H,19-35,38,41-45H2,1-4H3,(H,67,71)/t46-,54-,56-/m1/s1. The summed E-state index contributed by atoms with van der Waals surface area (Å²) in [5, 5.41) is 9.75. The maximum Gasteiger partial charge on any atom is 0.241 e. The summed E-state index contributed by atoms with van der Waals surface area (Å²) >= 11 is 0. The first-order valence-corrected chi connectivity index (χ1v) is 27.9. The Morgan fingerprint density at radius 2 is 1.32 bits per heavy atom. The Morgan fingerprint density at radius 3 is 1.96 bits per heavy atom. The van der Waals surface area contributed by atoms with E-state index in [9.17, 15) is 14.0 Å². The summed E-state index contributed by atoms with van der Waals surface area (Å²) < 4.78 is 64.9. The van der Waals surface area contributed by atoms with Gasteiger partial charge >= 0.3 is 0 Å². The van der Waals surface area contributed by atoms with Crippen molar-refractivity contribution in [2.75, 3.05) is 156 Å². The molecule has 434 valence electrons. The van der Waals surface area contributed by atoms with Crippen LogP contribution in [0.15, 0.2) is 110 Å². The molecule has 0 saturated carbocycles. The summed E-state index contributed by atoms with van der Waals surface area (Å²) in [7, 11) is 1.71. The van der Waals surface area contributed by atoms with Crippen molar-refractivity contribution in [3.63, 3.8) is 0 Å². The number of hydrogen-bond acceptors (Lipinski definition) is 16. The number of aromatic nitrogens is 2. The first-order chi connectivity index (χ1) is 39.0. The van der Waals surface area contributed by atoms with E-state index in [4.69, 9.17) is 47.6 Å². The van der Waals surface area contributed by atoms with Crippen LogP contribution in [-0.4, -0.2) is 190 Å². The van der Waals surface area contributed by atoms with Gasteiger partial charge in [0, 0.05) is 75.1 Å². The smallest absolute Gasteiger partial charge is 0.241 e. The third-order valence-electron chi connectivity index (χ3n) is 13.6. The van der Waals surface area contributed by atoms with E-state index in [1.165, 1.54) is 12.1 Å². The summed E-state index contributed by atoms with van der Waals surface area (Å²) in [6.45, 7) is 16.4. The molecule has 80 heavy (non-hydrogen) atoms. The number of nitrogens with one attached hydrogen (secondary N) is 3. The highest BCUT2D eigenvalue weighted by Gasteiger charge is 2.40. The Balaban J connectivity index is 0.647. The fourth-order valence-electron chi connectivity index (χ4n) is 9.54. The lowest BCUT2D eigenvalue weighted by molar-refractivity contribution is -0.121. The van der Waals surface area contributed by atoms with E-state index >= 15 is 0 Å². The highest BCUT2D eigenvalue weighted by molar-refractivity contribution is 5.97. The van der Waals surface area contributed by atoms with Crippen LogP contribution in [0.25, 0.3) is 11.1 Å². The van der Waals surface area contributed by atoms with Gasteiger partial charge in [0.15, 0.2) is 0 Å². The van der Waals surface area contributed by atoms with Gasteiger partial charge in [0.2, 0.25) is 11.8 Å². The van der Waals surface area contributed by atoms with Gasteiger partial charge in [0.1, 0.15) is 18.2 Å². The van der Waals surface area contributed by atoms with Gasteiger partial charge in [-0.1, -0.05) is 50.2 Å². The number of benzene rings is 3. The van der Waals surface area contributed by atoms with E-state index in [0.717, 1.165) is 52.5 Å². The van der Waals surface area contributed by atoms with Crippen LogP contribution in [-0.2, 0) is 65.7 Å². The zero-order chi connectivity index (χ0) is 56.2. The van der Waals surface area contributed by atoms with Crippen LogP contribution >= 0.6 is 0 Å². The van der Waals surface area contributed by atoms with Gasteiger partial charge in [-0.05, 0) is 102 Å². The summed E-state index contributed by atoms with van der Waals surface area (Å²) in [6.07, 6.45) is 6.38. The topological polar surface area (TPSA) is 186 Å². The van der Waals surface area contributed by atoms with Crippen LogP contribution in [0.4, 0.5) is 15.8 Å². The van der Waals surface area contributed by atoms with Crippen molar-refractivity contribution >= 4 is 23.2 Å². The summed E-state index contributed by atoms with van der Waals surface area (Å²) in [5.41, 5.74) is 7.15. The van der Waals surface area contributed by atoms with Crippen molar-refractivity contribution < 1.29 is 56.6 Å². The number of anilines is 2. The maximum atomic E-state index is 14.0. The molecule has 2 amide bonds. The predicted octanol–water partition coefficient (Wildman–Crippen LogP) is 6.14. The Labute approximate surface area is 471 Å². The monoisotopic (exact) mass is 1110 g/mol. The molecule has 7 rings (SSSR count). The van der Waals surface area contributed by atoms with Gasteiger partial charge in [0.25, 0.3) is 0 Å². The van der Waals surface area contributed by atoms with Crippen LogP contribution in [0.2, 0.25) is 0 Å². The molecule has 2 aromatic heterocycles. The summed E-state index contributed by atoms with van der Waals surface area (Å²) in [4.78, 5) is 40.4. The van der Waals surface area contributed by atoms with Crippen molar-refractivity contribution in [1.82, 2.24) is 25.5 Å². The van der Waals surface area contributed by atoms with Gasteiger partial charge in [0.05, 0.1) is 123 Å². The Bertz CT molecular complexity index is 2600. The average Bonchev–Trinajstić information content (AvgIpc) is 3.92. The maximum absolute atomic E-state index is 14.0. The number of carbonyl (C=O) groups is 2. The van der Waals surface area contributed by atoms with E-state index in [2.05, 4.69) is 58.7 Å².